The quantitative estimate of drug-likeness (QED) is 0.801. The second-order valence-electron chi connectivity index (χ2n) is 4.55. The lowest BCUT2D eigenvalue weighted by atomic mass is 10.3. The molecule has 1 unspecified atom stereocenters. The van der Waals surface area contributed by atoms with Crippen LogP contribution in [0, 0.1) is 0 Å². The van der Waals surface area contributed by atoms with Crippen molar-refractivity contribution >= 4 is 18.3 Å². The molecule has 0 bridgehead atoms. The maximum absolute atomic E-state index is 11.8. The predicted molar refractivity (Wildman–Crippen MR) is 84.6 cm³/mol. The minimum absolute atomic E-state index is 0. The molecule has 1 amide bonds. The average molecular weight is 301 g/mol. The fourth-order valence-corrected chi connectivity index (χ4v) is 1.75. The number of hydrogen-bond acceptors (Lipinski definition) is 3. The maximum atomic E-state index is 11.8. The number of amides is 1. The molecule has 114 valence electrons. The molecule has 0 aliphatic heterocycles. The lowest BCUT2D eigenvalue weighted by molar-refractivity contribution is -0.123. The summed E-state index contributed by atoms with van der Waals surface area (Å²) >= 11 is 0. The molecular formula is C15H25ClN2O2. The molecule has 0 spiro atoms. The summed E-state index contributed by atoms with van der Waals surface area (Å²) in [6.07, 6.45) is 0. The zero-order valence-corrected chi connectivity index (χ0v) is 13.3. The summed E-state index contributed by atoms with van der Waals surface area (Å²) in [4.78, 5) is 13.9. The number of nitrogens with one attached hydrogen (secondary N) is 1. The van der Waals surface area contributed by atoms with Gasteiger partial charge in [0.2, 0.25) is 5.91 Å². The first-order valence-electron chi connectivity index (χ1n) is 6.85. The van der Waals surface area contributed by atoms with Gasteiger partial charge in [-0.25, -0.2) is 0 Å². The monoisotopic (exact) mass is 300 g/mol. The average Bonchev–Trinajstić information content (AvgIpc) is 2.43. The van der Waals surface area contributed by atoms with E-state index in [2.05, 4.69) is 24.1 Å². The number of hydrogen-bond donors (Lipinski definition) is 1. The highest BCUT2D eigenvalue weighted by Gasteiger charge is 2.10. The van der Waals surface area contributed by atoms with Gasteiger partial charge in [-0.3, -0.25) is 9.69 Å². The molecule has 1 rings (SSSR count). The SMILES string of the molecule is CCN(CC)CC(=O)NC(C)COc1ccccc1.Cl. The van der Waals surface area contributed by atoms with Gasteiger partial charge < -0.3 is 10.1 Å². The fourth-order valence-electron chi connectivity index (χ4n) is 1.75. The van der Waals surface area contributed by atoms with Gasteiger partial charge in [-0.2, -0.15) is 0 Å². The van der Waals surface area contributed by atoms with E-state index in [0.29, 0.717) is 13.2 Å². The molecule has 0 aliphatic rings. The van der Waals surface area contributed by atoms with Crippen molar-refractivity contribution in [3.05, 3.63) is 30.3 Å². The van der Waals surface area contributed by atoms with Gasteiger partial charge >= 0.3 is 0 Å². The van der Waals surface area contributed by atoms with E-state index in [1.807, 2.05) is 37.3 Å². The van der Waals surface area contributed by atoms with Crippen LogP contribution < -0.4 is 10.1 Å². The van der Waals surface area contributed by atoms with Gasteiger partial charge in [0, 0.05) is 0 Å². The minimum atomic E-state index is 0. The molecule has 5 heteroatoms. The molecule has 0 aromatic heterocycles. The van der Waals surface area contributed by atoms with E-state index < -0.39 is 0 Å². The second-order valence-corrected chi connectivity index (χ2v) is 4.55. The number of nitrogens with zero attached hydrogens (tertiary/aromatic N) is 1. The summed E-state index contributed by atoms with van der Waals surface area (Å²) in [6, 6.07) is 9.62. The Hall–Kier alpha value is -1.26. The molecule has 0 saturated carbocycles. The highest BCUT2D eigenvalue weighted by Crippen LogP contribution is 2.08. The molecule has 1 aromatic carbocycles. The number of rotatable bonds is 8. The predicted octanol–water partition coefficient (Wildman–Crippen LogP) is 2.33. The molecule has 20 heavy (non-hydrogen) atoms. The van der Waals surface area contributed by atoms with E-state index in [0.717, 1.165) is 18.8 Å². The molecule has 0 radical (unpaired) electrons. The molecule has 0 fully saturated rings. The van der Waals surface area contributed by atoms with Crippen LogP contribution in [0.4, 0.5) is 0 Å². The fraction of sp³-hybridized carbons (Fsp3) is 0.533. The molecule has 4 nitrogen and oxygen atoms in total. The number of para-hydroxylation sites is 1. The minimum Gasteiger partial charge on any atom is -0.491 e. The van der Waals surface area contributed by atoms with E-state index in [1.54, 1.807) is 0 Å². The van der Waals surface area contributed by atoms with Crippen molar-refractivity contribution in [3.8, 4) is 5.75 Å². The number of benzene rings is 1. The van der Waals surface area contributed by atoms with Crippen LogP contribution in [0.3, 0.4) is 0 Å². The van der Waals surface area contributed by atoms with Crippen LogP contribution in [-0.2, 0) is 4.79 Å². The van der Waals surface area contributed by atoms with Crippen molar-refractivity contribution in [1.29, 1.82) is 0 Å². The third-order valence-corrected chi connectivity index (χ3v) is 2.91. The zero-order chi connectivity index (χ0) is 14.1. The summed E-state index contributed by atoms with van der Waals surface area (Å²) in [5.41, 5.74) is 0. The first-order chi connectivity index (χ1) is 9.15. The van der Waals surface area contributed by atoms with Gasteiger partial charge in [0.05, 0.1) is 12.6 Å². The Kier molecular flexibility index (Phi) is 9.86. The van der Waals surface area contributed by atoms with Crippen LogP contribution in [0.25, 0.3) is 0 Å². The van der Waals surface area contributed by atoms with Gasteiger partial charge in [-0.15, -0.1) is 12.4 Å². The zero-order valence-electron chi connectivity index (χ0n) is 12.5. The van der Waals surface area contributed by atoms with E-state index >= 15 is 0 Å². The van der Waals surface area contributed by atoms with E-state index in [-0.39, 0.29) is 24.4 Å². The smallest absolute Gasteiger partial charge is 0.234 e. The van der Waals surface area contributed by atoms with Crippen molar-refractivity contribution in [2.24, 2.45) is 0 Å². The molecule has 0 aliphatic carbocycles. The van der Waals surface area contributed by atoms with Gasteiger partial charge in [0.25, 0.3) is 0 Å². The lowest BCUT2D eigenvalue weighted by Gasteiger charge is -2.20. The summed E-state index contributed by atoms with van der Waals surface area (Å²) in [5, 5.41) is 2.94. The Morgan fingerprint density at radius 2 is 1.85 bits per heavy atom. The van der Waals surface area contributed by atoms with Crippen molar-refractivity contribution in [1.82, 2.24) is 10.2 Å². The van der Waals surface area contributed by atoms with Crippen molar-refractivity contribution in [2.75, 3.05) is 26.2 Å². The number of halogens is 1. The van der Waals surface area contributed by atoms with Crippen LogP contribution in [0.2, 0.25) is 0 Å². The molecule has 1 aromatic rings. The van der Waals surface area contributed by atoms with Crippen molar-refractivity contribution in [2.45, 2.75) is 26.8 Å². The summed E-state index contributed by atoms with van der Waals surface area (Å²) in [5.74, 6) is 0.875. The molecule has 0 saturated heterocycles. The van der Waals surface area contributed by atoms with Gasteiger partial charge in [0.1, 0.15) is 12.4 Å². The van der Waals surface area contributed by atoms with Crippen molar-refractivity contribution in [3.63, 3.8) is 0 Å². The molecule has 1 atom stereocenters. The first-order valence-corrected chi connectivity index (χ1v) is 6.85. The van der Waals surface area contributed by atoms with Crippen LogP contribution in [0.5, 0.6) is 5.75 Å². The Labute approximate surface area is 127 Å². The normalized spacial score (nSPS) is 11.6. The van der Waals surface area contributed by atoms with Crippen LogP contribution in [-0.4, -0.2) is 43.1 Å². The lowest BCUT2D eigenvalue weighted by Crippen LogP contribution is -2.43. The largest absolute Gasteiger partial charge is 0.491 e. The summed E-state index contributed by atoms with van der Waals surface area (Å²) in [6.45, 7) is 8.76. The molecule has 1 N–H and O–H groups in total. The third kappa shape index (κ3) is 7.36. The van der Waals surface area contributed by atoms with Gasteiger partial charge in [-0.1, -0.05) is 32.0 Å². The topological polar surface area (TPSA) is 41.6 Å². The second kappa shape index (κ2) is 10.5. The standard InChI is InChI=1S/C15H24N2O2.ClH/c1-4-17(5-2)11-15(18)16-13(3)12-19-14-9-7-6-8-10-14;/h6-10,13H,4-5,11-12H2,1-3H3,(H,16,18);1H. The first kappa shape index (κ1) is 18.7. The van der Waals surface area contributed by atoms with Crippen LogP contribution >= 0.6 is 12.4 Å². The molecular weight excluding hydrogens is 276 g/mol. The van der Waals surface area contributed by atoms with Gasteiger partial charge in [-0.05, 0) is 32.1 Å². The Balaban J connectivity index is 0.00000361. The van der Waals surface area contributed by atoms with Crippen LogP contribution in [0.15, 0.2) is 30.3 Å². The number of carbonyl (C=O) groups is 1. The highest BCUT2D eigenvalue weighted by molar-refractivity contribution is 5.85. The van der Waals surface area contributed by atoms with E-state index in [1.165, 1.54) is 0 Å². The Bertz CT molecular complexity index is 369. The number of ether oxygens (including phenoxy) is 1. The summed E-state index contributed by atoms with van der Waals surface area (Å²) in [7, 11) is 0. The van der Waals surface area contributed by atoms with Crippen LogP contribution in [0.1, 0.15) is 20.8 Å². The van der Waals surface area contributed by atoms with E-state index in [4.69, 9.17) is 4.74 Å². The summed E-state index contributed by atoms with van der Waals surface area (Å²) < 4.78 is 5.60. The highest BCUT2D eigenvalue weighted by atomic mass is 35.5. The number of likely N-dealkylation sites (N-methyl/N-ethyl adjacent to an activating group) is 1. The third-order valence-electron chi connectivity index (χ3n) is 2.91. The van der Waals surface area contributed by atoms with Gasteiger partial charge in [0.15, 0.2) is 0 Å². The molecule has 0 heterocycles. The van der Waals surface area contributed by atoms with E-state index in [9.17, 15) is 4.79 Å². The van der Waals surface area contributed by atoms with Crippen molar-refractivity contribution < 1.29 is 9.53 Å². The maximum Gasteiger partial charge on any atom is 0.234 e. The Morgan fingerprint density at radius 1 is 1.25 bits per heavy atom. The number of carbonyl (C=O) groups excluding carboxylic acids is 1. The Morgan fingerprint density at radius 3 is 2.40 bits per heavy atom.